The van der Waals surface area contributed by atoms with Gasteiger partial charge in [-0.25, -0.2) is 4.79 Å². The molecular weight excluding hydrogens is 352 g/mol. The van der Waals surface area contributed by atoms with E-state index in [1.54, 1.807) is 7.05 Å². The fourth-order valence-corrected chi connectivity index (χ4v) is 5.00. The van der Waals surface area contributed by atoms with Gasteiger partial charge in [0.25, 0.3) is 0 Å². The second-order valence-corrected chi connectivity index (χ2v) is 7.87. The zero-order chi connectivity index (χ0) is 19.8. The number of fused-ring (bicyclic) bond motifs is 2. The van der Waals surface area contributed by atoms with Gasteiger partial charge in [-0.3, -0.25) is 14.6 Å². The van der Waals surface area contributed by atoms with Crippen LogP contribution in [0.4, 0.5) is 4.79 Å². The quantitative estimate of drug-likeness (QED) is 0.802. The Morgan fingerprint density at radius 3 is 3.00 bits per heavy atom. The van der Waals surface area contributed by atoms with Gasteiger partial charge in [-0.15, -0.1) is 6.58 Å². The average Bonchev–Trinajstić information content (AvgIpc) is 3.12. The molecule has 6 heteroatoms. The lowest BCUT2D eigenvalue weighted by molar-refractivity contribution is -0.134. The van der Waals surface area contributed by atoms with Crippen LogP contribution in [0.2, 0.25) is 0 Å². The molecule has 28 heavy (non-hydrogen) atoms. The molecule has 0 spiro atoms. The molecule has 1 aromatic heterocycles. The third-order valence-corrected chi connectivity index (χ3v) is 6.25. The minimum Gasteiger partial charge on any atom is -0.361 e. The number of carbonyl (C=O) groups excluding carboxylic acids is 2. The Balaban J connectivity index is 1.67. The maximum absolute atomic E-state index is 13.1. The molecule has 3 amide bonds. The summed E-state index contributed by atoms with van der Waals surface area (Å²) in [6, 6.07) is 6.42. The van der Waals surface area contributed by atoms with Crippen molar-refractivity contribution in [3.8, 4) is 0 Å². The van der Waals surface area contributed by atoms with Crippen molar-refractivity contribution in [2.75, 3.05) is 26.7 Å². The molecule has 148 valence electrons. The number of hydrogen-bond donors (Lipinski definition) is 2. The molecule has 1 aliphatic heterocycles. The van der Waals surface area contributed by atoms with Crippen LogP contribution >= 0.6 is 0 Å². The van der Waals surface area contributed by atoms with E-state index in [0.29, 0.717) is 19.1 Å². The van der Waals surface area contributed by atoms with Gasteiger partial charge >= 0.3 is 6.03 Å². The van der Waals surface area contributed by atoms with Crippen molar-refractivity contribution >= 4 is 22.8 Å². The summed E-state index contributed by atoms with van der Waals surface area (Å²) < 4.78 is 0. The number of nitrogens with one attached hydrogen (secondary N) is 2. The Labute approximate surface area is 165 Å². The maximum atomic E-state index is 13.1. The van der Waals surface area contributed by atoms with Crippen LogP contribution in [-0.2, 0) is 11.2 Å². The van der Waals surface area contributed by atoms with E-state index in [1.807, 2.05) is 13.0 Å². The molecule has 2 N–H and O–H groups in total. The van der Waals surface area contributed by atoms with E-state index in [2.05, 4.69) is 46.2 Å². The molecule has 1 aromatic carbocycles. The van der Waals surface area contributed by atoms with Crippen molar-refractivity contribution in [2.45, 2.75) is 31.7 Å². The van der Waals surface area contributed by atoms with E-state index < -0.39 is 0 Å². The van der Waals surface area contributed by atoms with E-state index in [-0.39, 0.29) is 23.8 Å². The van der Waals surface area contributed by atoms with Crippen LogP contribution in [0.15, 0.2) is 37.1 Å². The van der Waals surface area contributed by atoms with Gasteiger partial charge in [0.2, 0.25) is 5.91 Å². The molecule has 4 rings (SSSR count). The number of likely N-dealkylation sites (tertiary alicyclic amines) is 1. The zero-order valence-corrected chi connectivity index (χ0v) is 16.6. The average molecular weight is 380 g/mol. The van der Waals surface area contributed by atoms with Crippen molar-refractivity contribution in [1.29, 1.82) is 0 Å². The number of H-pyrrole nitrogens is 1. The molecule has 0 radical (unpaired) electrons. The lowest BCUT2D eigenvalue weighted by Crippen LogP contribution is -2.54. The predicted octanol–water partition coefficient (Wildman–Crippen LogP) is 2.87. The zero-order valence-electron chi connectivity index (χ0n) is 16.6. The minimum absolute atomic E-state index is 0.106. The highest BCUT2D eigenvalue weighted by Crippen LogP contribution is 2.44. The van der Waals surface area contributed by atoms with Crippen LogP contribution in [-0.4, -0.2) is 59.4 Å². The van der Waals surface area contributed by atoms with E-state index in [0.717, 1.165) is 24.9 Å². The van der Waals surface area contributed by atoms with Crippen LogP contribution in [0.25, 0.3) is 10.9 Å². The molecule has 0 unspecified atom stereocenters. The van der Waals surface area contributed by atoms with Crippen LogP contribution in [0, 0.1) is 5.92 Å². The summed E-state index contributed by atoms with van der Waals surface area (Å²) >= 11 is 0. The molecule has 2 aromatic rings. The number of rotatable bonds is 4. The van der Waals surface area contributed by atoms with Gasteiger partial charge in [0.1, 0.15) is 0 Å². The van der Waals surface area contributed by atoms with Crippen molar-refractivity contribution in [1.82, 2.24) is 20.1 Å². The summed E-state index contributed by atoms with van der Waals surface area (Å²) in [5, 5.41) is 4.03. The van der Waals surface area contributed by atoms with E-state index >= 15 is 0 Å². The molecule has 1 fully saturated rings. The first kappa shape index (κ1) is 18.7. The Morgan fingerprint density at radius 1 is 1.43 bits per heavy atom. The smallest absolute Gasteiger partial charge is 0.323 e. The highest BCUT2D eigenvalue weighted by atomic mass is 16.2. The van der Waals surface area contributed by atoms with Crippen LogP contribution in [0.1, 0.15) is 30.4 Å². The molecule has 2 heterocycles. The first-order valence-corrected chi connectivity index (χ1v) is 10.0. The summed E-state index contributed by atoms with van der Waals surface area (Å²) in [6.45, 7) is 7.67. The number of hydrogen-bond acceptors (Lipinski definition) is 3. The summed E-state index contributed by atoms with van der Waals surface area (Å²) in [6.07, 6.45) is 5.77. The number of urea groups is 1. The van der Waals surface area contributed by atoms with Gasteiger partial charge in [-0.2, -0.15) is 0 Å². The molecule has 0 saturated carbocycles. The van der Waals surface area contributed by atoms with Gasteiger partial charge in [0.05, 0.1) is 5.92 Å². The molecule has 1 aliphatic carbocycles. The number of imide groups is 1. The topological polar surface area (TPSA) is 68.4 Å². The van der Waals surface area contributed by atoms with Crippen molar-refractivity contribution in [3.63, 3.8) is 0 Å². The third-order valence-electron chi connectivity index (χ3n) is 6.25. The molecule has 1 saturated heterocycles. The Bertz CT molecular complexity index is 918. The lowest BCUT2D eigenvalue weighted by Gasteiger charge is -2.46. The molecule has 2 aliphatic rings. The summed E-state index contributed by atoms with van der Waals surface area (Å²) in [5.74, 6) is -0.0349. The highest BCUT2D eigenvalue weighted by molar-refractivity contribution is 5.95. The number of piperidine rings is 1. The Kier molecular flexibility index (Phi) is 4.98. The van der Waals surface area contributed by atoms with Gasteiger partial charge in [0, 0.05) is 55.7 Å². The fraction of sp³-hybridized carbons (Fsp3) is 0.455. The van der Waals surface area contributed by atoms with Crippen LogP contribution in [0.5, 0.6) is 0 Å². The third kappa shape index (κ3) is 3.02. The number of carbonyl (C=O) groups is 2. The van der Waals surface area contributed by atoms with Gasteiger partial charge in [-0.05, 0) is 37.0 Å². The standard InChI is InChI=1S/C22H28N4O2/c1-4-9-26-13-15(21(27)25(3)22(28)23-5-2)10-17-16-7-6-8-18-20(16)14(12-24-18)11-19(17)26/h4,6-8,12,15,17,19,24H,1,5,9-11,13H2,2-3H3,(H,23,28)/t15-,17-,19-/m1/s1. The number of nitrogens with zero attached hydrogens (tertiary/aromatic N) is 2. The van der Waals surface area contributed by atoms with Gasteiger partial charge < -0.3 is 10.3 Å². The number of aromatic amines is 1. The van der Waals surface area contributed by atoms with E-state index in [1.165, 1.54) is 21.4 Å². The summed E-state index contributed by atoms with van der Waals surface area (Å²) in [4.78, 5) is 32.2. The Morgan fingerprint density at radius 2 is 2.25 bits per heavy atom. The van der Waals surface area contributed by atoms with Crippen molar-refractivity contribution in [2.24, 2.45) is 5.92 Å². The summed E-state index contributed by atoms with van der Waals surface area (Å²) in [5.41, 5.74) is 3.83. The summed E-state index contributed by atoms with van der Waals surface area (Å²) in [7, 11) is 1.57. The number of amides is 3. The van der Waals surface area contributed by atoms with Crippen molar-refractivity contribution < 1.29 is 9.59 Å². The highest BCUT2D eigenvalue weighted by Gasteiger charge is 2.43. The monoisotopic (exact) mass is 380 g/mol. The second-order valence-electron chi connectivity index (χ2n) is 7.87. The van der Waals surface area contributed by atoms with E-state index in [9.17, 15) is 9.59 Å². The minimum atomic E-state index is -0.330. The fourth-order valence-electron chi connectivity index (χ4n) is 5.00. The number of aromatic nitrogens is 1. The largest absolute Gasteiger partial charge is 0.361 e. The molecule has 0 bridgehead atoms. The second kappa shape index (κ2) is 7.43. The first-order valence-electron chi connectivity index (χ1n) is 10.0. The number of benzene rings is 1. The SMILES string of the molecule is C=CCN1C[C@H](C(=O)N(C)C(=O)NCC)C[C@@H]2c3cccc4[nH]cc(c34)C[C@H]21. The predicted molar refractivity (Wildman–Crippen MR) is 110 cm³/mol. The van der Waals surface area contributed by atoms with Crippen LogP contribution < -0.4 is 5.32 Å². The molecule has 3 atom stereocenters. The lowest BCUT2D eigenvalue weighted by atomic mass is 9.72. The van der Waals surface area contributed by atoms with Gasteiger partial charge in [-0.1, -0.05) is 18.2 Å². The van der Waals surface area contributed by atoms with Crippen molar-refractivity contribution in [3.05, 3.63) is 48.2 Å². The molecule has 6 nitrogen and oxygen atoms in total. The molecular formula is C22H28N4O2. The maximum Gasteiger partial charge on any atom is 0.323 e. The van der Waals surface area contributed by atoms with Crippen LogP contribution in [0.3, 0.4) is 0 Å². The van der Waals surface area contributed by atoms with E-state index in [4.69, 9.17) is 0 Å². The normalized spacial score (nSPS) is 23.9. The Hall–Kier alpha value is -2.60. The van der Waals surface area contributed by atoms with Gasteiger partial charge in [0.15, 0.2) is 0 Å². The first-order chi connectivity index (χ1) is 13.5.